The number of aliphatic hydroxyl groups is 2. The lowest BCUT2D eigenvalue weighted by Crippen LogP contribution is -2.33. The zero-order valence-electron chi connectivity index (χ0n) is 13.6. The molecule has 133 valence electrons. The largest absolute Gasteiger partial charge is 0.393 e. The summed E-state index contributed by atoms with van der Waals surface area (Å²) in [6.45, 7) is 1.71. The summed E-state index contributed by atoms with van der Waals surface area (Å²) in [5.74, 6) is -1.87. The molecule has 0 aromatic heterocycles. The number of aliphatic hydroxyl groups excluding tert-OH is 2. The van der Waals surface area contributed by atoms with Crippen LogP contribution in [0.4, 0.5) is 4.39 Å². The van der Waals surface area contributed by atoms with Crippen LogP contribution in [0.5, 0.6) is 0 Å². The summed E-state index contributed by atoms with van der Waals surface area (Å²) in [5.41, 5.74) is 11.0. The van der Waals surface area contributed by atoms with Crippen LogP contribution in [0.15, 0.2) is 24.3 Å². The second-order valence-electron chi connectivity index (χ2n) is 6.00. The molecule has 0 fully saturated rings. The van der Waals surface area contributed by atoms with Gasteiger partial charge in [-0.15, -0.1) is 0 Å². The molecule has 1 radical (unpaired) electrons. The quantitative estimate of drug-likeness (QED) is 0.493. The predicted octanol–water partition coefficient (Wildman–Crippen LogP) is 0.441. The average Bonchev–Trinajstić information content (AvgIpc) is 2.50. The first kappa shape index (κ1) is 20.1. The van der Waals surface area contributed by atoms with Crippen LogP contribution in [-0.2, 0) is 16.0 Å². The minimum atomic E-state index is -1.35. The molecule has 1 aromatic rings. The van der Waals surface area contributed by atoms with Crippen molar-refractivity contribution >= 4 is 11.8 Å². The van der Waals surface area contributed by atoms with Crippen molar-refractivity contribution in [1.82, 2.24) is 0 Å². The third kappa shape index (κ3) is 6.64. The van der Waals surface area contributed by atoms with Crippen LogP contribution in [0.25, 0.3) is 0 Å². The Kier molecular flexibility index (Phi) is 7.81. The van der Waals surface area contributed by atoms with Crippen molar-refractivity contribution in [2.24, 2.45) is 17.4 Å². The van der Waals surface area contributed by atoms with Gasteiger partial charge in [0, 0.05) is 11.8 Å². The van der Waals surface area contributed by atoms with E-state index in [0.717, 1.165) is 0 Å². The number of carbonyl (C=O) groups excluding carboxylic acids is 2. The second-order valence-corrected chi connectivity index (χ2v) is 6.00. The van der Waals surface area contributed by atoms with E-state index < -0.39 is 29.9 Å². The predicted molar refractivity (Wildman–Crippen MR) is 86.8 cm³/mol. The van der Waals surface area contributed by atoms with Crippen LogP contribution < -0.4 is 11.5 Å². The van der Waals surface area contributed by atoms with Gasteiger partial charge in [-0.1, -0.05) is 19.1 Å². The Morgan fingerprint density at radius 3 is 2.33 bits per heavy atom. The van der Waals surface area contributed by atoms with E-state index in [0.29, 0.717) is 17.9 Å². The Hall–Kier alpha value is -1.99. The summed E-state index contributed by atoms with van der Waals surface area (Å²) in [6.07, 6.45) is -1.67. The van der Waals surface area contributed by atoms with E-state index >= 15 is 0 Å². The number of benzene rings is 1. The first-order valence-electron chi connectivity index (χ1n) is 7.72. The van der Waals surface area contributed by atoms with E-state index in [9.17, 15) is 24.2 Å². The molecule has 0 aliphatic heterocycles. The van der Waals surface area contributed by atoms with Crippen molar-refractivity contribution < 1.29 is 24.2 Å². The van der Waals surface area contributed by atoms with Crippen LogP contribution in [0, 0.1) is 17.7 Å². The van der Waals surface area contributed by atoms with E-state index in [-0.39, 0.29) is 25.1 Å². The van der Waals surface area contributed by atoms with E-state index in [2.05, 4.69) is 0 Å². The lowest BCUT2D eigenvalue weighted by molar-refractivity contribution is -0.128. The van der Waals surface area contributed by atoms with E-state index in [4.69, 9.17) is 11.5 Å². The molecular formula is C17H24FN2O4. The van der Waals surface area contributed by atoms with Crippen LogP contribution in [0.3, 0.4) is 0 Å². The lowest BCUT2D eigenvalue weighted by Gasteiger charge is -2.23. The Balaban J connectivity index is 2.58. The molecule has 0 spiro atoms. The molecule has 6 N–H and O–H groups in total. The van der Waals surface area contributed by atoms with Crippen molar-refractivity contribution in [1.29, 1.82) is 0 Å². The summed E-state index contributed by atoms with van der Waals surface area (Å²) in [6, 6.07) is 6.04. The highest BCUT2D eigenvalue weighted by atomic mass is 19.1. The highest BCUT2D eigenvalue weighted by Gasteiger charge is 2.25. The van der Waals surface area contributed by atoms with Crippen molar-refractivity contribution in [3.8, 4) is 0 Å². The minimum absolute atomic E-state index is 0.00138. The zero-order valence-corrected chi connectivity index (χ0v) is 13.6. The number of nitrogens with two attached hydrogens (primary N) is 2. The number of carbonyl (C=O) groups is 2. The molecule has 1 rings (SSSR count). The normalized spacial score (nSPS) is 15.0. The number of amides is 2. The van der Waals surface area contributed by atoms with Crippen LogP contribution >= 0.6 is 0 Å². The number of rotatable bonds is 10. The molecule has 6 nitrogen and oxygen atoms in total. The maximum atomic E-state index is 13.2. The zero-order chi connectivity index (χ0) is 18.3. The SMILES string of the molecule is C[C](Cc1cccc(F)c1)C(O)CC(CCC(O)C(N)=O)C(N)=O. The standard InChI is InChI=1S/C17H24FN2O4/c1-10(7-11-3-2-4-13(18)8-11)15(22)9-12(16(19)23)5-6-14(21)17(20)24/h2-4,8,12,14-15,21-22H,5-7,9H2,1H3,(H2,19,23)(H2,20,24). The van der Waals surface area contributed by atoms with Gasteiger partial charge in [-0.25, -0.2) is 4.39 Å². The summed E-state index contributed by atoms with van der Waals surface area (Å²) in [4.78, 5) is 22.3. The van der Waals surface area contributed by atoms with Crippen molar-refractivity contribution in [3.05, 3.63) is 41.6 Å². The molecule has 1 aromatic carbocycles. The fourth-order valence-electron chi connectivity index (χ4n) is 2.43. The van der Waals surface area contributed by atoms with Gasteiger partial charge in [0.25, 0.3) is 0 Å². The maximum absolute atomic E-state index is 13.2. The highest BCUT2D eigenvalue weighted by molar-refractivity contribution is 5.79. The fourth-order valence-corrected chi connectivity index (χ4v) is 2.43. The van der Waals surface area contributed by atoms with Gasteiger partial charge in [0.1, 0.15) is 11.9 Å². The number of hydrogen-bond acceptors (Lipinski definition) is 4. The van der Waals surface area contributed by atoms with Crippen LogP contribution in [0.2, 0.25) is 0 Å². The summed E-state index contributed by atoms with van der Waals surface area (Å²) < 4.78 is 13.2. The topological polar surface area (TPSA) is 127 Å². The number of halogens is 1. The molecule has 0 saturated heterocycles. The minimum Gasteiger partial charge on any atom is -0.393 e. The van der Waals surface area contributed by atoms with Crippen LogP contribution in [0.1, 0.15) is 31.7 Å². The van der Waals surface area contributed by atoms with Crippen molar-refractivity contribution in [3.63, 3.8) is 0 Å². The van der Waals surface area contributed by atoms with Crippen molar-refractivity contribution in [2.75, 3.05) is 0 Å². The molecule has 24 heavy (non-hydrogen) atoms. The number of hydrogen-bond donors (Lipinski definition) is 4. The third-order valence-electron chi connectivity index (χ3n) is 3.97. The van der Waals surface area contributed by atoms with Gasteiger partial charge in [-0.3, -0.25) is 9.59 Å². The van der Waals surface area contributed by atoms with Crippen molar-refractivity contribution in [2.45, 2.75) is 44.8 Å². The first-order chi connectivity index (χ1) is 11.2. The lowest BCUT2D eigenvalue weighted by atomic mass is 9.87. The van der Waals surface area contributed by atoms with Gasteiger partial charge < -0.3 is 21.7 Å². The van der Waals surface area contributed by atoms with Gasteiger partial charge >= 0.3 is 0 Å². The molecule has 7 heteroatoms. The first-order valence-corrected chi connectivity index (χ1v) is 7.72. The molecule has 3 unspecified atom stereocenters. The summed E-state index contributed by atoms with van der Waals surface area (Å²) >= 11 is 0. The fraction of sp³-hybridized carbons (Fsp3) is 0.471. The number of primary amides is 2. The third-order valence-corrected chi connectivity index (χ3v) is 3.97. The van der Waals surface area contributed by atoms with Crippen LogP contribution in [-0.4, -0.2) is 34.2 Å². The molecule has 0 heterocycles. The van der Waals surface area contributed by atoms with Gasteiger partial charge in [0.2, 0.25) is 11.8 Å². The highest BCUT2D eigenvalue weighted by Crippen LogP contribution is 2.23. The molecule has 0 aliphatic carbocycles. The Labute approximate surface area is 140 Å². The summed E-state index contributed by atoms with van der Waals surface area (Å²) in [5, 5.41) is 19.6. The molecule has 0 bridgehead atoms. The van der Waals surface area contributed by atoms with Gasteiger partial charge in [0.15, 0.2) is 0 Å². The van der Waals surface area contributed by atoms with E-state index in [1.165, 1.54) is 12.1 Å². The Morgan fingerprint density at radius 2 is 1.79 bits per heavy atom. The Bertz CT molecular complexity index is 567. The second kappa shape index (κ2) is 9.34. The maximum Gasteiger partial charge on any atom is 0.246 e. The van der Waals surface area contributed by atoms with Gasteiger partial charge in [0.05, 0.1) is 6.10 Å². The van der Waals surface area contributed by atoms with E-state index in [1.54, 1.807) is 19.1 Å². The molecule has 0 aliphatic rings. The summed E-state index contributed by atoms with van der Waals surface area (Å²) in [7, 11) is 0. The van der Waals surface area contributed by atoms with Gasteiger partial charge in [-0.05, 0) is 43.4 Å². The average molecular weight is 339 g/mol. The van der Waals surface area contributed by atoms with E-state index in [1.807, 2.05) is 0 Å². The van der Waals surface area contributed by atoms with Gasteiger partial charge in [-0.2, -0.15) is 0 Å². The smallest absolute Gasteiger partial charge is 0.246 e. The monoisotopic (exact) mass is 339 g/mol. The molecule has 3 atom stereocenters. The Morgan fingerprint density at radius 1 is 1.12 bits per heavy atom. The molecular weight excluding hydrogens is 315 g/mol. The molecule has 2 amide bonds. The molecule has 0 saturated carbocycles.